The van der Waals surface area contributed by atoms with Crippen LogP contribution in [0.1, 0.15) is 73.6 Å². The van der Waals surface area contributed by atoms with Crippen molar-refractivity contribution in [1.82, 2.24) is 0 Å². The van der Waals surface area contributed by atoms with Gasteiger partial charge in [0.2, 0.25) is 0 Å². The minimum absolute atomic E-state index is 0.839. The molecule has 1 aromatic carbocycles. The zero-order valence-electron chi connectivity index (χ0n) is 12.0. The molecule has 2 unspecified atom stereocenters. The molecule has 2 aliphatic carbocycles. The number of benzene rings is 1. The largest absolute Gasteiger partial charge is 0.0619 e. The number of hydrogen-bond acceptors (Lipinski definition) is 0. The highest BCUT2D eigenvalue weighted by atomic mass is 14.3. The molecule has 2 aliphatic rings. The van der Waals surface area contributed by atoms with Gasteiger partial charge in [0.25, 0.3) is 0 Å². The van der Waals surface area contributed by atoms with Gasteiger partial charge in [-0.15, -0.1) is 0 Å². The third-order valence-corrected chi connectivity index (χ3v) is 5.37. The van der Waals surface area contributed by atoms with Gasteiger partial charge in [-0.3, -0.25) is 0 Å². The predicted molar refractivity (Wildman–Crippen MR) is 78.2 cm³/mol. The SMILES string of the molecule is Cc1c(C2CCCCC2C)ccc2c1CCCC2. The van der Waals surface area contributed by atoms with Crippen molar-refractivity contribution in [3.05, 3.63) is 34.4 Å². The van der Waals surface area contributed by atoms with E-state index in [1.165, 1.54) is 51.4 Å². The molecule has 0 heterocycles. The second-order valence-corrected chi connectivity index (χ2v) is 6.49. The van der Waals surface area contributed by atoms with Crippen LogP contribution >= 0.6 is 0 Å². The molecule has 0 nitrogen and oxygen atoms in total. The average molecular weight is 242 g/mol. The van der Waals surface area contributed by atoms with E-state index >= 15 is 0 Å². The molecule has 0 radical (unpaired) electrons. The molecule has 98 valence electrons. The van der Waals surface area contributed by atoms with Crippen molar-refractivity contribution in [1.29, 1.82) is 0 Å². The maximum absolute atomic E-state index is 2.46. The maximum atomic E-state index is 2.46. The summed E-state index contributed by atoms with van der Waals surface area (Å²) in [6, 6.07) is 4.91. The first kappa shape index (κ1) is 12.3. The van der Waals surface area contributed by atoms with Gasteiger partial charge in [0.05, 0.1) is 0 Å². The van der Waals surface area contributed by atoms with Gasteiger partial charge < -0.3 is 0 Å². The zero-order chi connectivity index (χ0) is 12.5. The minimum atomic E-state index is 0.839. The fourth-order valence-electron chi connectivity index (χ4n) is 4.21. The van der Waals surface area contributed by atoms with E-state index in [0.29, 0.717) is 0 Å². The first-order valence-electron chi connectivity index (χ1n) is 7.88. The van der Waals surface area contributed by atoms with E-state index in [0.717, 1.165) is 11.8 Å². The van der Waals surface area contributed by atoms with Crippen LogP contribution in [0.25, 0.3) is 0 Å². The summed E-state index contributed by atoms with van der Waals surface area (Å²) in [5, 5.41) is 0. The summed E-state index contributed by atoms with van der Waals surface area (Å²) in [7, 11) is 0. The van der Waals surface area contributed by atoms with Crippen molar-refractivity contribution in [2.75, 3.05) is 0 Å². The van der Waals surface area contributed by atoms with Gasteiger partial charge in [0, 0.05) is 0 Å². The van der Waals surface area contributed by atoms with Gasteiger partial charge in [-0.1, -0.05) is 38.3 Å². The van der Waals surface area contributed by atoms with Crippen molar-refractivity contribution in [3.8, 4) is 0 Å². The Morgan fingerprint density at radius 3 is 2.56 bits per heavy atom. The molecule has 0 saturated heterocycles. The van der Waals surface area contributed by atoms with E-state index in [4.69, 9.17) is 0 Å². The molecule has 0 amide bonds. The summed E-state index contributed by atoms with van der Waals surface area (Å²) in [6.07, 6.45) is 11.2. The van der Waals surface area contributed by atoms with E-state index in [-0.39, 0.29) is 0 Å². The molecule has 0 aromatic heterocycles. The van der Waals surface area contributed by atoms with Crippen LogP contribution in [0.5, 0.6) is 0 Å². The normalized spacial score (nSPS) is 27.9. The average Bonchev–Trinajstić information content (AvgIpc) is 2.41. The van der Waals surface area contributed by atoms with Gasteiger partial charge in [0.1, 0.15) is 0 Å². The van der Waals surface area contributed by atoms with E-state index in [1.54, 1.807) is 22.3 Å². The smallest absolute Gasteiger partial charge is 0.0134 e. The lowest BCUT2D eigenvalue weighted by atomic mass is 9.73. The standard InChI is InChI=1S/C18H26/c1-13-7-3-5-9-16(13)18-12-11-15-8-4-6-10-17(15)14(18)2/h11-13,16H,3-10H2,1-2H3. The lowest BCUT2D eigenvalue weighted by Gasteiger charge is -2.32. The molecule has 0 aliphatic heterocycles. The van der Waals surface area contributed by atoms with Crippen LogP contribution < -0.4 is 0 Å². The molecule has 0 N–H and O–H groups in total. The van der Waals surface area contributed by atoms with E-state index in [1.807, 2.05) is 0 Å². The second-order valence-electron chi connectivity index (χ2n) is 6.49. The van der Waals surface area contributed by atoms with Crippen LogP contribution in [0.4, 0.5) is 0 Å². The number of fused-ring (bicyclic) bond motifs is 1. The molecule has 3 rings (SSSR count). The van der Waals surface area contributed by atoms with Crippen molar-refractivity contribution in [2.45, 2.75) is 71.1 Å². The fourth-order valence-corrected chi connectivity index (χ4v) is 4.21. The third-order valence-electron chi connectivity index (χ3n) is 5.37. The predicted octanol–water partition coefficient (Wildman–Crippen LogP) is 5.17. The molecule has 1 saturated carbocycles. The van der Waals surface area contributed by atoms with E-state index < -0.39 is 0 Å². The Balaban J connectivity index is 1.96. The van der Waals surface area contributed by atoms with Crippen LogP contribution in [-0.4, -0.2) is 0 Å². The van der Waals surface area contributed by atoms with Crippen molar-refractivity contribution in [2.24, 2.45) is 5.92 Å². The third kappa shape index (κ3) is 2.11. The van der Waals surface area contributed by atoms with E-state index in [9.17, 15) is 0 Å². The second kappa shape index (κ2) is 5.07. The summed E-state index contributed by atoms with van der Waals surface area (Å²) in [4.78, 5) is 0. The van der Waals surface area contributed by atoms with Crippen LogP contribution in [0.2, 0.25) is 0 Å². The van der Waals surface area contributed by atoms with Crippen LogP contribution in [0, 0.1) is 12.8 Å². The Bertz CT molecular complexity index is 430. The summed E-state index contributed by atoms with van der Waals surface area (Å²) in [6.45, 7) is 4.85. The van der Waals surface area contributed by atoms with E-state index in [2.05, 4.69) is 26.0 Å². The van der Waals surface area contributed by atoms with Crippen molar-refractivity contribution >= 4 is 0 Å². The lowest BCUT2D eigenvalue weighted by molar-refractivity contribution is 0.329. The lowest BCUT2D eigenvalue weighted by Crippen LogP contribution is -2.17. The van der Waals surface area contributed by atoms with Crippen LogP contribution in [0.3, 0.4) is 0 Å². The number of aryl methyl sites for hydroxylation is 1. The summed E-state index contributed by atoms with van der Waals surface area (Å²) in [5.74, 6) is 1.73. The van der Waals surface area contributed by atoms with Crippen LogP contribution in [0.15, 0.2) is 12.1 Å². The minimum Gasteiger partial charge on any atom is -0.0619 e. The molecule has 18 heavy (non-hydrogen) atoms. The Kier molecular flexibility index (Phi) is 3.46. The number of hydrogen-bond donors (Lipinski definition) is 0. The molecule has 0 bridgehead atoms. The first-order valence-corrected chi connectivity index (χ1v) is 7.88. The summed E-state index contributed by atoms with van der Waals surface area (Å²) >= 11 is 0. The summed E-state index contributed by atoms with van der Waals surface area (Å²) < 4.78 is 0. The summed E-state index contributed by atoms with van der Waals surface area (Å²) in [5.41, 5.74) is 6.68. The van der Waals surface area contributed by atoms with Gasteiger partial charge in [-0.2, -0.15) is 0 Å². The first-order chi connectivity index (χ1) is 8.77. The monoisotopic (exact) mass is 242 g/mol. The molecule has 2 atom stereocenters. The molecular formula is C18H26. The number of rotatable bonds is 1. The highest BCUT2D eigenvalue weighted by Crippen LogP contribution is 2.40. The van der Waals surface area contributed by atoms with Crippen molar-refractivity contribution < 1.29 is 0 Å². The Morgan fingerprint density at radius 1 is 0.944 bits per heavy atom. The fraction of sp³-hybridized carbons (Fsp3) is 0.667. The zero-order valence-corrected chi connectivity index (χ0v) is 12.0. The van der Waals surface area contributed by atoms with Gasteiger partial charge in [-0.25, -0.2) is 0 Å². The van der Waals surface area contributed by atoms with Gasteiger partial charge in [0.15, 0.2) is 0 Å². The van der Waals surface area contributed by atoms with Gasteiger partial charge in [-0.05, 0) is 73.1 Å². The van der Waals surface area contributed by atoms with Crippen molar-refractivity contribution in [3.63, 3.8) is 0 Å². The Morgan fingerprint density at radius 2 is 1.72 bits per heavy atom. The molecular weight excluding hydrogens is 216 g/mol. The molecule has 0 spiro atoms. The quantitative estimate of drug-likeness (QED) is 0.637. The maximum Gasteiger partial charge on any atom is -0.0134 e. The highest BCUT2D eigenvalue weighted by Gasteiger charge is 2.25. The highest BCUT2D eigenvalue weighted by molar-refractivity contribution is 5.43. The van der Waals surface area contributed by atoms with Gasteiger partial charge >= 0.3 is 0 Å². The van der Waals surface area contributed by atoms with Crippen LogP contribution in [-0.2, 0) is 12.8 Å². The molecule has 1 fully saturated rings. The Labute approximate surface area is 112 Å². The Hall–Kier alpha value is -0.780. The molecule has 0 heteroatoms. The topological polar surface area (TPSA) is 0 Å². The molecule has 1 aromatic rings.